The third-order valence-electron chi connectivity index (χ3n) is 6.09. The molecule has 5 nitrogen and oxygen atoms in total. The summed E-state index contributed by atoms with van der Waals surface area (Å²) in [6.45, 7) is 8.18. The van der Waals surface area contributed by atoms with Crippen LogP contribution in [0.4, 0.5) is 0 Å². The highest BCUT2D eigenvalue weighted by molar-refractivity contribution is 5.83. The van der Waals surface area contributed by atoms with Gasteiger partial charge in [0.15, 0.2) is 5.88 Å². The van der Waals surface area contributed by atoms with E-state index in [0.717, 1.165) is 35.7 Å². The maximum absolute atomic E-state index is 10.6. The van der Waals surface area contributed by atoms with E-state index in [1.165, 1.54) is 18.2 Å². The summed E-state index contributed by atoms with van der Waals surface area (Å²) in [5.41, 5.74) is 2.70. The fourth-order valence-electron chi connectivity index (χ4n) is 4.24. The number of aromatic nitrogens is 1. The molecular formula is C23H34N2O3. The number of aliphatic carboxylic acids is 1. The van der Waals surface area contributed by atoms with Crippen molar-refractivity contribution in [1.29, 1.82) is 0 Å². The number of nitrogens with one attached hydrogen (secondary N) is 1. The first-order chi connectivity index (χ1) is 13.2. The molecule has 1 saturated carbocycles. The number of carboxylic acids is 1. The molecule has 2 aromatic rings. The van der Waals surface area contributed by atoms with E-state index >= 15 is 0 Å². The van der Waals surface area contributed by atoms with E-state index in [4.69, 9.17) is 9.84 Å². The predicted molar refractivity (Wildman–Crippen MR) is 113 cm³/mol. The lowest BCUT2D eigenvalue weighted by Gasteiger charge is -2.36. The highest BCUT2D eigenvalue weighted by Crippen LogP contribution is 2.39. The Balaban J connectivity index is 1.61. The molecule has 0 radical (unpaired) electrons. The van der Waals surface area contributed by atoms with E-state index in [1.54, 1.807) is 0 Å². The maximum atomic E-state index is 10.6. The lowest BCUT2D eigenvalue weighted by atomic mass is 9.72. The number of hydrogen-bond acceptors (Lipinski definition) is 3. The van der Waals surface area contributed by atoms with Crippen molar-refractivity contribution in [2.75, 3.05) is 6.54 Å². The number of hydrogen-bond donors (Lipinski definition) is 2. The molecule has 0 atom stereocenters. The Morgan fingerprint density at radius 3 is 2.57 bits per heavy atom. The van der Waals surface area contributed by atoms with Gasteiger partial charge in [-0.1, -0.05) is 26.8 Å². The number of nitrogens with zero attached hydrogens (tertiary/aromatic N) is 1. The fraction of sp³-hybridized carbons (Fsp3) is 0.609. The third-order valence-corrected chi connectivity index (χ3v) is 6.09. The fourth-order valence-corrected chi connectivity index (χ4v) is 4.24. The number of rotatable bonds is 7. The second-order valence-corrected chi connectivity index (χ2v) is 9.21. The Labute approximate surface area is 168 Å². The van der Waals surface area contributed by atoms with E-state index < -0.39 is 5.97 Å². The topological polar surface area (TPSA) is 63.5 Å². The molecule has 3 rings (SSSR count). The van der Waals surface area contributed by atoms with Gasteiger partial charge in [0, 0.05) is 31.6 Å². The quantitative estimate of drug-likeness (QED) is 0.676. The lowest BCUT2D eigenvalue weighted by Crippen LogP contribution is -2.30. The van der Waals surface area contributed by atoms with Gasteiger partial charge in [0.1, 0.15) is 6.10 Å². The zero-order valence-electron chi connectivity index (χ0n) is 17.6. The van der Waals surface area contributed by atoms with E-state index in [9.17, 15) is 4.79 Å². The molecule has 0 aliphatic heterocycles. The minimum atomic E-state index is -0.774. The summed E-state index contributed by atoms with van der Waals surface area (Å²) < 4.78 is 8.51. The lowest BCUT2D eigenvalue weighted by molar-refractivity contribution is -0.136. The van der Waals surface area contributed by atoms with Crippen molar-refractivity contribution < 1.29 is 14.6 Å². The van der Waals surface area contributed by atoms with Crippen LogP contribution in [0, 0.1) is 11.3 Å². The average molecular weight is 387 g/mol. The molecule has 1 aromatic heterocycles. The second-order valence-electron chi connectivity index (χ2n) is 9.21. The SMILES string of the molecule is Cn1c(O[C@H]2CC[C@H](C(C)(C)C)CC2)cc2cc(CNCCC(=O)O)ccc21. The molecule has 1 aliphatic carbocycles. The molecule has 1 fully saturated rings. The molecule has 5 heteroatoms. The number of benzene rings is 1. The van der Waals surface area contributed by atoms with Crippen LogP contribution in [0.3, 0.4) is 0 Å². The van der Waals surface area contributed by atoms with Gasteiger partial charge >= 0.3 is 5.97 Å². The average Bonchev–Trinajstić information content (AvgIpc) is 2.93. The highest BCUT2D eigenvalue weighted by Gasteiger charge is 2.30. The first-order valence-electron chi connectivity index (χ1n) is 10.4. The van der Waals surface area contributed by atoms with Crippen LogP contribution < -0.4 is 10.1 Å². The summed E-state index contributed by atoms with van der Waals surface area (Å²) in [5, 5.41) is 13.1. The van der Waals surface area contributed by atoms with Gasteiger partial charge in [-0.2, -0.15) is 0 Å². The van der Waals surface area contributed by atoms with Gasteiger partial charge in [-0.25, -0.2) is 0 Å². The van der Waals surface area contributed by atoms with Crippen molar-refractivity contribution in [2.45, 2.75) is 65.5 Å². The van der Waals surface area contributed by atoms with Crippen LogP contribution >= 0.6 is 0 Å². The van der Waals surface area contributed by atoms with Crippen LogP contribution in [-0.2, 0) is 18.4 Å². The van der Waals surface area contributed by atoms with Crippen molar-refractivity contribution in [2.24, 2.45) is 18.4 Å². The van der Waals surface area contributed by atoms with Crippen LogP contribution in [0.15, 0.2) is 24.3 Å². The van der Waals surface area contributed by atoms with E-state index in [1.807, 2.05) is 0 Å². The third kappa shape index (κ3) is 5.07. The van der Waals surface area contributed by atoms with E-state index in [-0.39, 0.29) is 6.42 Å². The van der Waals surface area contributed by atoms with E-state index in [2.05, 4.69) is 62.0 Å². The summed E-state index contributed by atoms with van der Waals surface area (Å²) in [7, 11) is 2.06. The van der Waals surface area contributed by atoms with Crippen molar-refractivity contribution in [1.82, 2.24) is 9.88 Å². The van der Waals surface area contributed by atoms with Crippen LogP contribution in [0.5, 0.6) is 5.88 Å². The number of aryl methyl sites for hydroxylation is 1. The Kier molecular flexibility index (Phi) is 6.33. The van der Waals surface area contributed by atoms with E-state index in [0.29, 0.717) is 24.6 Å². The molecular weight excluding hydrogens is 352 g/mol. The molecule has 0 saturated heterocycles. The van der Waals surface area contributed by atoms with Crippen LogP contribution in [0.1, 0.15) is 58.4 Å². The standard InChI is InChI=1S/C23H34N2O3/c1-23(2,3)18-6-8-19(9-7-18)28-21-14-17-13-16(5-10-20(17)25(21)4)15-24-12-11-22(26)27/h5,10,13-14,18-19,24H,6-9,11-12,15H2,1-4H3,(H,26,27)/t18-,19-. The number of carbonyl (C=O) groups is 1. The highest BCUT2D eigenvalue weighted by atomic mass is 16.5. The molecule has 28 heavy (non-hydrogen) atoms. The summed E-state index contributed by atoms with van der Waals surface area (Å²) in [6, 6.07) is 8.50. The molecule has 1 aromatic carbocycles. The van der Waals surface area contributed by atoms with Crippen molar-refractivity contribution >= 4 is 16.9 Å². The van der Waals surface area contributed by atoms with Crippen molar-refractivity contribution in [3.63, 3.8) is 0 Å². The smallest absolute Gasteiger partial charge is 0.304 e. The van der Waals surface area contributed by atoms with Gasteiger partial charge in [0.2, 0.25) is 0 Å². The maximum Gasteiger partial charge on any atom is 0.304 e. The Morgan fingerprint density at radius 1 is 1.21 bits per heavy atom. The summed E-state index contributed by atoms with van der Waals surface area (Å²) in [6.07, 6.45) is 5.18. The minimum Gasteiger partial charge on any atom is -0.481 e. The van der Waals surface area contributed by atoms with Gasteiger partial charge in [-0.3, -0.25) is 4.79 Å². The molecule has 2 N–H and O–H groups in total. The van der Waals surface area contributed by atoms with Crippen LogP contribution in [-0.4, -0.2) is 28.3 Å². The molecule has 154 valence electrons. The first-order valence-corrected chi connectivity index (χ1v) is 10.4. The second kappa shape index (κ2) is 8.56. The molecule has 1 heterocycles. The summed E-state index contributed by atoms with van der Waals surface area (Å²) in [5.74, 6) is 0.950. The Morgan fingerprint density at radius 2 is 1.93 bits per heavy atom. The van der Waals surface area contributed by atoms with Gasteiger partial charge < -0.3 is 19.7 Å². The van der Waals surface area contributed by atoms with Gasteiger partial charge in [0.25, 0.3) is 0 Å². The molecule has 1 aliphatic rings. The van der Waals surface area contributed by atoms with Gasteiger partial charge in [-0.05, 0) is 54.7 Å². The number of carboxylic acid groups (broad SMARTS) is 1. The van der Waals surface area contributed by atoms with Crippen molar-refractivity contribution in [3.05, 3.63) is 29.8 Å². The van der Waals surface area contributed by atoms with Gasteiger partial charge in [0.05, 0.1) is 11.9 Å². The van der Waals surface area contributed by atoms with Crippen molar-refractivity contribution in [3.8, 4) is 5.88 Å². The molecule has 0 unspecified atom stereocenters. The Bertz CT molecular complexity index is 811. The Hall–Kier alpha value is -2.01. The molecule has 0 bridgehead atoms. The molecule has 0 spiro atoms. The predicted octanol–water partition coefficient (Wildman–Crippen LogP) is 4.73. The first kappa shape index (κ1) is 20.7. The normalized spacial score (nSPS) is 20.4. The summed E-state index contributed by atoms with van der Waals surface area (Å²) in [4.78, 5) is 10.6. The number of fused-ring (bicyclic) bond motifs is 1. The molecule has 0 amide bonds. The zero-order valence-corrected chi connectivity index (χ0v) is 17.6. The van der Waals surface area contributed by atoms with Crippen LogP contribution in [0.25, 0.3) is 10.9 Å². The van der Waals surface area contributed by atoms with Gasteiger partial charge in [-0.15, -0.1) is 0 Å². The minimum absolute atomic E-state index is 0.142. The number of ether oxygens (including phenoxy) is 1. The zero-order chi connectivity index (χ0) is 20.3. The van der Waals surface area contributed by atoms with Crippen LogP contribution in [0.2, 0.25) is 0 Å². The largest absolute Gasteiger partial charge is 0.481 e. The monoisotopic (exact) mass is 386 g/mol. The summed E-state index contributed by atoms with van der Waals surface area (Å²) >= 11 is 0.